The zero-order valence-electron chi connectivity index (χ0n) is 8.05. The topological polar surface area (TPSA) is 38.9 Å². The number of aromatic nitrogens is 1. The van der Waals surface area contributed by atoms with Gasteiger partial charge < -0.3 is 5.73 Å². The lowest BCUT2D eigenvalue weighted by Crippen LogP contribution is -2.11. The summed E-state index contributed by atoms with van der Waals surface area (Å²) < 4.78 is 0. The van der Waals surface area contributed by atoms with Crippen molar-refractivity contribution in [3.05, 3.63) is 28.5 Å². The number of hydrogen-bond acceptors (Lipinski definition) is 2. The molecule has 1 unspecified atom stereocenters. The van der Waals surface area contributed by atoms with Crippen molar-refractivity contribution >= 4 is 11.6 Å². The summed E-state index contributed by atoms with van der Waals surface area (Å²) >= 11 is 5.97. The van der Waals surface area contributed by atoms with Crippen LogP contribution in [0, 0.1) is 6.92 Å². The van der Waals surface area contributed by atoms with Gasteiger partial charge in [0.15, 0.2) is 0 Å². The summed E-state index contributed by atoms with van der Waals surface area (Å²) in [5, 5.41) is 0.543. The second kappa shape index (κ2) is 4.58. The first kappa shape index (κ1) is 10.5. The molecule has 1 rings (SSSR count). The van der Waals surface area contributed by atoms with Crippen molar-refractivity contribution in [3.63, 3.8) is 0 Å². The molecule has 0 aliphatic carbocycles. The van der Waals surface area contributed by atoms with E-state index in [-0.39, 0.29) is 6.04 Å². The van der Waals surface area contributed by atoms with E-state index in [1.54, 1.807) is 0 Å². The Morgan fingerprint density at radius 2 is 2.23 bits per heavy atom. The lowest BCUT2D eigenvalue weighted by atomic mass is 10.1. The molecule has 0 aliphatic rings. The summed E-state index contributed by atoms with van der Waals surface area (Å²) in [5.41, 5.74) is 7.81. The van der Waals surface area contributed by atoms with Crippen LogP contribution < -0.4 is 5.73 Å². The van der Waals surface area contributed by atoms with Gasteiger partial charge in [0.1, 0.15) is 5.15 Å². The third-order valence-electron chi connectivity index (χ3n) is 2.02. The molecule has 13 heavy (non-hydrogen) atoms. The van der Waals surface area contributed by atoms with Gasteiger partial charge >= 0.3 is 0 Å². The number of rotatable bonds is 3. The summed E-state index contributed by atoms with van der Waals surface area (Å²) in [6.07, 6.45) is 2.01. The van der Waals surface area contributed by atoms with Crippen LogP contribution in [0.25, 0.3) is 0 Å². The van der Waals surface area contributed by atoms with E-state index >= 15 is 0 Å². The number of nitrogens with two attached hydrogens (primary N) is 1. The maximum Gasteiger partial charge on any atom is 0.134 e. The maximum atomic E-state index is 5.97. The molecule has 0 spiro atoms. The summed E-state index contributed by atoms with van der Waals surface area (Å²) in [7, 11) is 0. The zero-order chi connectivity index (χ0) is 9.84. The fraction of sp³-hybridized carbons (Fsp3) is 0.500. The van der Waals surface area contributed by atoms with Gasteiger partial charge in [-0.3, -0.25) is 0 Å². The summed E-state index contributed by atoms with van der Waals surface area (Å²) in [6.45, 7) is 4.02. The van der Waals surface area contributed by atoms with Crippen molar-refractivity contribution in [2.75, 3.05) is 0 Å². The fourth-order valence-corrected chi connectivity index (χ4v) is 1.62. The van der Waals surface area contributed by atoms with Crippen LogP contribution in [-0.2, 0) is 0 Å². The van der Waals surface area contributed by atoms with Crippen LogP contribution in [0.3, 0.4) is 0 Å². The minimum absolute atomic E-state index is 0.0191. The molecule has 0 amide bonds. The molecule has 2 nitrogen and oxygen atoms in total. The van der Waals surface area contributed by atoms with Crippen LogP contribution in [0.15, 0.2) is 12.1 Å². The summed E-state index contributed by atoms with van der Waals surface area (Å²) in [4.78, 5) is 4.16. The van der Waals surface area contributed by atoms with Crippen LogP contribution in [0.1, 0.15) is 37.1 Å². The van der Waals surface area contributed by atoms with E-state index in [0.29, 0.717) is 5.15 Å². The van der Waals surface area contributed by atoms with E-state index in [9.17, 15) is 0 Å². The molecule has 1 heterocycles. The summed E-state index contributed by atoms with van der Waals surface area (Å²) in [6, 6.07) is 3.92. The minimum Gasteiger partial charge on any atom is -0.324 e. The van der Waals surface area contributed by atoms with Gasteiger partial charge in [0.25, 0.3) is 0 Å². The van der Waals surface area contributed by atoms with Gasteiger partial charge in [0, 0.05) is 17.3 Å². The van der Waals surface area contributed by atoms with Gasteiger partial charge in [-0.2, -0.15) is 0 Å². The van der Waals surface area contributed by atoms with Crippen LogP contribution in [0.4, 0.5) is 0 Å². The van der Waals surface area contributed by atoms with Gasteiger partial charge in [-0.05, 0) is 19.4 Å². The highest BCUT2D eigenvalue weighted by atomic mass is 35.5. The highest BCUT2D eigenvalue weighted by Crippen LogP contribution is 2.22. The van der Waals surface area contributed by atoms with E-state index < -0.39 is 0 Å². The van der Waals surface area contributed by atoms with Crippen molar-refractivity contribution in [2.45, 2.75) is 32.7 Å². The highest BCUT2D eigenvalue weighted by molar-refractivity contribution is 6.30. The van der Waals surface area contributed by atoms with Crippen molar-refractivity contribution in [1.29, 1.82) is 0 Å². The zero-order valence-corrected chi connectivity index (χ0v) is 8.80. The van der Waals surface area contributed by atoms with E-state index in [2.05, 4.69) is 11.9 Å². The molecule has 1 atom stereocenters. The molecule has 0 fully saturated rings. The lowest BCUT2D eigenvalue weighted by Gasteiger charge is -2.11. The monoisotopic (exact) mass is 198 g/mol. The molecule has 0 saturated heterocycles. The summed E-state index contributed by atoms with van der Waals surface area (Å²) in [5.74, 6) is 0. The SMILES string of the molecule is CCCC(N)c1ccc(C)nc1Cl. The Morgan fingerprint density at radius 1 is 1.54 bits per heavy atom. The largest absolute Gasteiger partial charge is 0.324 e. The third kappa shape index (κ3) is 2.68. The minimum atomic E-state index is 0.0191. The van der Waals surface area contributed by atoms with Gasteiger partial charge in [0.05, 0.1) is 0 Å². The molecule has 1 aromatic heterocycles. The van der Waals surface area contributed by atoms with Crippen LogP contribution in [-0.4, -0.2) is 4.98 Å². The molecule has 0 bridgehead atoms. The standard InChI is InChI=1S/C10H15ClN2/c1-3-4-9(12)8-6-5-7(2)13-10(8)11/h5-6,9H,3-4,12H2,1-2H3. The molecule has 1 aromatic rings. The van der Waals surface area contributed by atoms with E-state index in [4.69, 9.17) is 17.3 Å². The molecule has 0 saturated carbocycles. The number of hydrogen-bond donors (Lipinski definition) is 1. The number of pyridine rings is 1. The highest BCUT2D eigenvalue weighted by Gasteiger charge is 2.09. The Bertz CT molecular complexity index is 286. The number of aryl methyl sites for hydroxylation is 1. The van der Waals surface area contributed by atoms with Crippen molar-refractivity contribution in [1.82, 2.24) is 4.98 Å². The van der Waals surface area contributed by atoms with Crippen molar-refractivity contribution < 1.29 is 0 Å². The Kier molecular flexibility index (Phi) is 3.70. The van der Waals surface area contributed by atoms with Gasteiger partial charge in [0.2, 0.25) is 0 Å². The number of halogens is 1. The Morgan fingerprint density at radius 3 is 2.77 bits per heavy atom. The number of nitrogens with zero attached hydrogens (tertiary/aromatic N) is 1. The van der Waals surface area contributed by atoms with Crippen LogP contribution >= 0.6 is 11.6 Å². The molecular weight excluding hydrogens is 184 g/mol. The quantitative estimate of drug-likeness (QED) is 0.759. The van der Waals surface area contributed by atoms with Gasteiger partial charge in [-0.15, -0.1) is 0 Å². The fourth-order valence-electron chi connectivity index (χ4n) is 1.28. The van der Waals surface area contributed by atoms with Crippen LogP contribution in [0.5, 0.6) is 0 Å². The molecule has 3 heteroatoms. The van der Waals surface area contributed by atoms with Crippen LogP contribution in [0.2, 0.25) is 5.15 Å². The normalized spacial score (nSPS) is 12.9. The lowest BCUT2D eigenvalue weighted by molar-refractivity contribution is 0.636. The predicted octanol–water partition coefficient (Wildman–Crippen LogP) is 2.84. The molecule has 72 valence electrons. The van der Waals surface area contributed by atoms with E-state index in [1.165, 1.54) is 0 Å². The molecular formula is C10H15ClN2. The Labute approximate surface area is 84.1 Å². The average Bonchev–Trinajstić information content (AvgIpc) is 2.04. The molecule has 2 N–H and O–H groups in total. The Balaban J connectivity index is 2.88. The van der Waals surface area contributed by atoms with Crippen molar-refractivity contribution in [3.8, 4) is 0 Å². The molecule has 0 aliphatic heterocycles. The average molecular weight is 199 g/mol. The third-order valence-corrected chi connectivity index (χ3v) is 2.32. The second-order valence-corrected chi connectivity index (χ2v) is 3.59. The maximum absolute atomic E-state index is 5.97. The van der Waals surface area contributed by atoms with Crippen molar-refractivity contribution in [2.24, 2.45) is 5.73 Å². The first-order chi connectivity index (χ1) is 6.15. The first-order valence-electron chi connectivity index (χ1n) is 4.53. The second-order valence-electron chi connectivity index (χ2n) is 3.23. The van der Waals surface area contributed by atoms with Gasteiger partial charge in [-0.25, -0.2) is 4.98 Å². The molecule has 0 aromatic carbocycles. The van der Waals surface area contributed by atoms with Gasteiger partial charge in [-0.1, -0.05) is 31.0 Å². The van der Waals surface area contributed by atoms with E-state index in [1.807, 2.05) is 19.1 Å². The smallest absolute Gasteiger partial charge is 0.134 e. The molecule has 0 radical (unpaired) electrons. The predicted molar refractivity (Wildman–Crippen MR) is 55.8 cm³/mol. The van der Waals surface area contributed by atoms with E-state index in [0.717, 1.165) is 24.1 Å². The Hall–Kier alpha value is -0.600. The first-order valence-corrected chi connectivity index (χ1v) is 4.91.